The summed E-state index contributed by atoms with van der Waals surface area (Å²) >= 11 is 0. The monoisotopic (exact) mass is 271 g/mol. The Kier molecular flexibility index (Phi) is 5.59. The van der Waals surface area contributed by atoms with Gasteiger partial charge in [0.15, 0.2) is 5.60 Å². The van der Waals surface area contributed by atoms with Crippen LogP contribution in [0.3, 0.4) is 0 Å². The fourth-order valence-electron chi connectivity index (χ4n) is 1.90. The molecule has 0 unspecified atom stereocenters. The van der Waals surface area contributed by atoms with E-state index in [1.165, 1.54) is 0 Å². The van der Waals surface area contributed by atoms with Crippen LogP contribution in [0.4, 0.5) is 0 Å². The summed E-state index contributed by atoms with van der Waals surface area (Å²) in [5.41, 5.74) is -0.376. The second-order valence-electron chi connectivity index (χ2n) is 4.34. The van der Waals surface area contributed by atoms with Crippen LogP contribution < -0.4 is 5.32 Å². The summed E-state index contributed by atoms with van der Waals surface area (Å²) in [6.07, 6.45) is 0.835. The number of piperidine rings is 1. The molecule has 1 aliphatic heterocycles. The first-order chi connectivity index (χ1) is 8.21. The number of benzene rings is 1. The lowest BCUT2D eigenvalue weighted by Crippen LogP contribution is -2.48. The summed E-state index contributed by atoms with van der Waals surface area (Å²) in [5.74, 6) is -0.511. The number of ether oxygens (including phenoxy) is 1. The van der Waals surface area contributed by atoms with Gasteiger partial charge in [0.1, 0.15) is 6.61 Å². The summed E-state index contributed by atoms with van der Waals surface area (Å²) in [6.45, 7) is 1.52. The smallest absolute Gasteiger partial charge is 0.338 e. The van der Waals surface area contributed by atoms with Crippen molar-refractivity contribution in [2.75, 3.05) is 13.1 Å². The zero-order valence-electron chi connectivity index (χ0n) is 10.1. The van der Waals surface area contributed by atoms with E-state index in [1.807, 2.05) is 30.3 Å². The molecule has 18 heavy (non-hydrogen) atoms. The summed E-state index contributed by atoms with van der Waals surface area (Å²) in [4.78, 5) is 11.8. The van der Waals surface area contributed by atoms with E-state index in [0.29, 0.717) is 25.9 Å². The Balaban J connectivity index is 0.00000162. The Bertz CT molecular complexity index is 377. The molecule has 1 aromatic rings. The molecule has 4 nitrogen and oxygen atoms in total. The number of esters is 1. The summed E-state index contributed by atoms with van der Waals surface area (Å²) < 4.78 is 5.15. The fourth-order valence-corrected chi connectivity index (χ4v) is 1.90. The van der Waals surface area contributed by atoms with Crippen molar-refractivity contribution in [2.45, 2.75) is 25.0 Å². The number of halogens is 1. The van der Waals surface area contributed by atoms with Gasteiger partial charge in [-0.25, -0.2) is 4.79 Å². The lowest BCUT2D eigenvalue weighted by Gasteiger charge is -2.30. The standard InChI is InChI=1S/C13H17NO3.ClH/c15-12(13(16)6-8-14-9-7-13)17-10-11-4-2-1-3-5-11;/h1-5,14,16H,6-10H2;1H. The third-order valence-electron chi connectivity index (χ3n) is 3.02. The van der Waals surface area contributed by atoms with Crippen LogP contribution in [0, 0.1) is 0 Å². The average molecular weight is 272 g/mol. The molecule has 0 aliphatic carbocycles. The Morgan fingerprint density at radius 2 is 1.89 bits per heavy atom. The maximum Gasteiger partial charge on any atom is 0.338 e. The fraction of sp³-hybridized carbons (Fsp3) is 0.462. The number of aliphatic hydroxyl groups is 1. The third-order valence-corrected chi connectivity index (χ3v) is 3.02. The maximum atomic E-state index is 11.8. The third kappa shape index (κ3) is 3.70. The highest BCUT2D eigenvalue weighted by Gasteiger charge is 2.38. The minimum Gasteiger partial charge on any atom is -0.459 e. The van der Waals surface area contributed by atoms with Crippen molar-refractivity contribution < 1.29 is 14.6 Å². The lowest BCUT2D eigenvalue weighted by atomic mass is 9.93. The van der Waals surface area contributed by atoms with E-state index in [4.69, 9.17) is 4.74 Å². The molecule has 2 N–H and O–H groups in total. The molecule has 0 aromatic heterocycles. The highest BCUT2D eigenvalue weighted by Crippen LogP contribution is 2.20. The van der Waals surface area contributed by atoms with Crippen LogP contribution in [0.25, 0.3) is 0 Å². The van der Waals surface area contributed by atoms with E-state index in [2.05, 4.69) is 5.32 Å². The second kappa shape index (κ2) is 6.73. The molecule has 100 valence electrons. The van der Waals surface area contributed by atoms with Crippen molar-refractivity contribution in [2.24, 2.45) is 0 Å². The Morgan fingerprint density at radius 3 is 2.50 bits per heavy atom. The first kappa shape index (κ1) is 15.0. The van der Waals surface area contributed by atoms with Gasteiger partial charge in [0.05, 0.1) is 0 Å². The highest BCUT2D eigenvalue weighted by atomic mass is 35.5. The van der Waals surface area contributed by atoms with Crippen LogP contribution in [0.5, 0.6) is 0 Å². The Hall–Kier alpha value is -1.10. The van der Waals surface area contributed by atoms with Crippen molar-refractivity contribution in [3.8, 4) is 0 Å². The van der Waals surface area contributed by atoms with Crippen molar-refractivity contribution in [3.63, 3.8) is 0 Å². The molecule has 0 saturated carbocycles. The van der Waals surface area contributed by atoms with Gasteiger partial charge in [-0.3, -0.25) is 0 Å². The van der Waals surface area contributed by atoms with Gasteiger partial charge in [-0.1, -0.05) is 30.3 Å². The van der Waals surface area contributed by atoms with Crippen LogP contribution in [-0.4, -0.2) is 29.8 Å². The minimum atomic E-state index is -1.31. The first-order valence-corrected chi connectivity index (χ1v) is 5.85. The quantitative estimate of drug-likeness (QED) is 0.813. The summed E-state index contributed by atoms with van der Waals surface area (Å²) in [5, 5.41) is 13.2. The van der Waals surface area contributed by atoms with Gasteiger partial charge < -0.3 is 15.2 Å². The number of carbonyl (C=O) groups excluding carboxylic acids is 1. The Morgan fingerprint density at radius 1 is 1.28 bits per heavy atom. The van der Waals surface area contributed by atoms with Gasteiger partial charge in [0, 0.05) is 0 Å². The molecule has 2 rings (SSSR count). The molecular weight excluding hydrogens is 254 g/mol. The molecule has 0 bridgehead atoms. The molecule has 1 aliphatic rings. The van der Waals surface area contributed by atoms with Crippen LogP contribution in [0.15, 0.2) is 30.3 Å². The van der Waals surface area contributed by atoms with E-state index in [1.54, 1.807) is 0 Å². The SMILES string of the molecule is Cl.O=C(OCc1ccccc1)C1(O)CCNCC1. The molecule has 1 heterocycles. The molecule has 1 fully saturated rings. The number of rotatable bonds is 3. The molecular formula is C13H18ClNO3. The number of carbonyl (C=O) groups is 1. The first-order valence-electron chi connectivity index (χ1n) is 5.85. The van der Waals surface area contributed by atoms with Gasteiger partial charge in [-0.2, -0.15) is 0 Å². The van der Waals surface area contributed by atoms with E-state index in [9.17, 15) is 9.90 Å². The van der Waals surface area contributed by atoms with Gasteiger partial charge in [0.25, 0.3) is 0 Å². The normalized spacial score (nSPS) is 17.6. The topological polar surface area (TPSA) is 58.6 Å². The van der Waals surface area contributed by atoms with Crippen molar-refractivity contribution in [1.29, 1.82) is 0 Å². The second-order valence-corrected chi connectivity index (χ2v) is 4.34. The van der Waals surface area contributed by atoms with Gasteiger partial charge in [-0.15, -0.1) is 12.4 Å². The van der Waals surface area contributed by atoms with E-state index in [-0.39, 0.29) is 19.0 Å². The molecule has 0 spiro atoms. The minimum absolute atomic E-state index is 0. The van der Waals surface area contributed by atoms with Gasteiger partial charge in [-0.05, 0) is 31.5 Å². The molecule has 1 saturated heterocycles. The zero-order valence-corrected chi connectivity index (χ0v) is 10.9. The molecule has 1 aromatic carbocycles. The van der Waals surface area contributed by atoms with Crippen LogP contribution >= 0.6 is 12.4 Å². The zero-order chi connectivity index (χ0) is 12.1. The molecule has 0 amide bonds. The van der Waals surface area contributed by atoms with Gasteiger partial charge in [0.2, 0.25) is 0 Å². The number of hydrogen-bond donors (Lipinski definition) is 2. The Labute approximate surface area is 113 Å². The summed E-state index contributed by atoms with van der Waals surface area (Å²) in [7, 11) is 0. The predicted molar refractivity (Wildman–Crippen MR) is 70.5 cm³/mol. The van der Waals surface area contributed by atoms with E-state index in [0.717, 1.165) is 5.56 Å². The van der Waals surface area contributed by atoms with Crippen molar-refractivity contribution >= 4 is 18.4 Å². The van der Waals surface area contributed by atoms with E-state index >= 15 is 0 Å². The largest absolute Gasteiger partial charge is 0.459 e. The molecule has 0 atom stereocenters. The van der Waals surface area contributed by atoms with Crippen LogP contribution in [0.1, 0.15) is 18.4 Å². The number of nitrogens with one attached hydrogen (secondary N) is 1. The van der Waals surface area contributed by atoms with Crippen LogP contribution in [0.2, 0.25) is 0 Å². The average Bonchev–Trinajstić information content (AvgIpc) is 2.38. The van der Waals surface area contributed by atoms with Crippen molar-refractivity contribution in [1.82, 2.24) is 5.32 Å². The highest BCUT2D eigenvalue weighted by molar-refractivity contribution is 5.85. The predicted octanol–water partition coefficient (Wildman–Crippen LogP) is 1.27. The van der Waals surface area contributed by atoms with E-state index < -0.39 is 11.6 Å². The van der Waals surface area contributed by atoms with Crippen LogP contribution in [-0.2, 0) is 16.1 Å². The maximum absolute atomic E-state index is 11.8. The van der Waals surface area contributed by atoms with Gasteiger partial charge >= 0.3 is 5.97 Å². The summed E-state index contributed by atoms with van der Waals surface area (Å²) in [6, 6.07) is 9.47. The number of hydrogen-bond acceptors (Lipinski definition) is 4. The molecule has 0 radical (unpaired) electrons. The lowest BCUT2D eigenvalue weighted by molar-refractivity contribution is -0.169. The van der Waals surface area contributed by atoms with Crippen molar-refractivity contribution in [3.05, 3.63) is 35.9 Å². The molecule has 5 heteroatoms.